The lowest BCUT2D eigenvalue weighted by molar-refractivity contribution is 0.0698. The van der Waals surface area contributed by atoms with Crippen molar-refractivity contribution < 1.29 is 9.90 Å². The average Bonchev–Trinajstić information content (AvgIpc) is 2.58. The molecule has 0 aliphatic heterocycles. The minimum Gasteiger partial charge on any atom is -0.478 e. The maximum atomic E-state index is 11.7. The number of hydrogen-bond acceptors (Lipinski definition) is 1. The molecule has 1 atom stereocenters. The molecule has 2 nitrogen and oxygen atoms in total. The summed E-state index contributed by atoms with van der Waals surface area (Å²) in [6.45, 7) is 0. The van der Waals surface area contributed by atoms with Gasteiger partial charge in [0.15, 0.2) is 0 Å². The van der Waals surface area contributed by atoms with Gasteiger partial charge in [-0.1, -0.05) is 72.8 Å². The van der Waals surface area contributed by atoms with Crippen molar-refractivity contribution in [1.29, 1.82) is 0 Å². The van der Waals surface area contributed by atoms with Crippen LogP contribution in [0.25, 0.3) is 0 Å². The van der Waals surface area contributed by atoms with E-state index in [2.05, 4.69) is 33.5 Å². The highest BCUT2D eigenvalue weighted by atomic mass is 31.1. The van der Waals surface area contributed by atoms with E-state index in [1.807, 2.05) is 42.5 Å². The molecule has 0 fully saturated rings. The van der Waals surface area contributed by atoms with Gasteiger partial charge in [0.2, 0.25) is 0 Å². The lowest BCUT2D eigenvalue weighted by atomic mass is 10.2. The molecule has 0 aromatic heterocycles. The first-order valence-electron chi connectivity index (χ1n) is 7.20. The van der Waals surface area contributed by atoms with Crippen LogP contribution in [0.2, 0.25) is 0 Å². The normalized spacial score (nSPS) is 10.7. The molecule has 0 amide bonds. The SMILES string of the molecule is O=C(O)c1cccc(P)c1P(c1ccccc1)c1ccccc1. The van der Waals surface area contributed by atoms with Crippen LogP contribution in [0.4, 0.5) is 0 Å². The molecule has 1 unspecified atom stereocenters. The Morgan fingerprint density at radius 1 is 0.783 bits per heavy atom. The Morgan fingerprint density at radius 2 is 1.30 bits per heavy atom. The summed E-state index contributed by atoms with van der Waals surface area (Å²) < 4.78 is 0. The third-order valence-corrected chi connectivity index (χ3v) is 6.85. The van der Waals surface area contributed by atoms with Gasteiger partial charge < -0.3 is 5.11 Å². The summed E-state index contributed by atoms with van der Waals surface area (Å²) in [6, 6.07) is 25.7. The van der Waals surface area contributed by atoms with Gasteiger partial charge in [-0.3, -0.25) is 0 Å². The lowest BCUT2D eigenvalue weighted by Gasteiger charge is -2.22. The summed E-state index contributed by atoms with van der Waals surface area (Å²) in [5.74, 6) is -0.885. The summed E-state index contributed by atoms with van der Waals surface area (Å²) in [6.07, 6.45) is 0. The molecule has 0 radical (unpaired) electrons. The molecule has 3 aromatic carbocycles. The first-order valence-corrected chi connectivity index (χ1v) is 9.12. The van der Waals surface area contributed by atoms with E-state index in [0.717, 1.165) is 21.2 Å². The molecule has 0 aliphatic rings. The minimum absolute atomic E-state index is 0.372. The Hall–Kier alpha value is -2.01. The van der Waals surface area contributed by atoms with E-state index in [4.69, 9.17) is 0 Å². The van der Waals surface area contributed by atoms with Gasteiger partial charge in [0.25, 0.3) is 0 Å². The molecule has 0 bridgehead atoms. The summed E-state index contributed by atoms with van der Waals surface area (Å²) in [5.41, 5.74) is 0.372. The van der Waals surface area contributed by atoms with E-state index >= 15 is 0 Å². The van der Waals surface area contributed by atoms with Crippen molar-refractivity contribution in [2.24, 2.45) is 0 Å². The van der Waals surface area contributed by atoms with Crippen molar-refractivity contribution >= 4 is 44.3 Å². The second kappa shape index (κ2) is 7.04. The summed E-state index contributed by atoms with van der Waals surface area (Å²) >= 11 is 0. The fraction of sp³-hybridized carbons (Fsp3) is 0. The van der Waals surface area contributed by atoms with E-state index in [-0.39, 0.29) is 0 Å². The minimum atomic E-state index is -0.922. The van der Waals surface area contributed by atoms with Gasteiger partial charge in [0.05, 0.1) is 5.56 Å². The Morgan fingerprint density at radius 3 is 1.78 bits per heavy atom. The Kier molecular flexibility index (Phi) is 4.86. The highest BCUT2D eigenvalue weighted by molar-refractivity contribution is 7.80. The predicted octanol–water partition coefficient (Wildman–Crippen LogP) is 2.64. The molecular formula is C19H16O2P2. The standard InChI is InChI=1S/C19H16O2P2/c20-19(21)16-12-7-13-17(22)18(16)23(14-8-3-1-4-9-14)15-10-5-2-6-11-15/h1-13H,22H2,(H,20,21). The van der Waals surface area contributed by atoms with Gasteiger partial charge in [0.1, 0.15) is 0 Å². The number of carboxylic acids is 1. The molecule has 0 spiro atoms. The second-order valence-corrected chi connectivity index (χ2v) is 7.83. The van der Waals surface area contributed by atoms with Crippen molar-refractivity contribution in [3.8, 4) is 0 Å². The van der Waals surface area contributed by atoms with Gasteiger partial charge >= 0.3 is 5.97 Å². The third kappa shape index (κ3) is 3.34. The quantitative estimate of drug-likeness (QED) is 0.743. The number of benzene rings is 3. The first-order chi connectivity index (χ1) is 11.2. The van der Waals surface area contributed by atoms with Crippen LogP contribution in [-0.4, -0.2) is 11.1 Å². The monoisotopic (exact) mass is 338 g/mol. The van der Waals surface area contributed by atoms with Crippen LogP contribution in [0.15, 0.2) is 78.9 Å². The van der Waals surface area contributed by atoms with E-state index in [9.17, 15) is 9.90 Å². The van der Waals surface area contributed by atoms with Crippen LogP contribution in [0.5, 0.6) is 0 Å². The van der Waals surface area contributed by atoms with Crippen molar-refractivity contribution in [2.75, 3.05) is 0 Å². The Labute approximate surface area is 139 Å². The fourth-order valence-corrected chi connectivity index (χ4v) is 5.70. The van der Waals surface area contributed by atoms with E-state index in [1.54, 1.807) is 12.1 Å². The molecular weight excluding hydrogens is 322 g/mol. The number of hydrogen-bond donors (Lipinski definition) is 1. The molecule has 0 aliphatic carbocycles. The van der Waals surface area contributed by atoms with Gasteiger partial charge in [-0.15, -0.1) is 9.24 Å². The fourth-order valence-electron chi connectivity index (χ4n) is 2.54. The average molecular weight is 338 g/mol. The van der Waals surface area contributed by atoms with E-state index < -0.39 is 13.9 Å². The Bertz CT molecular complexity index is 778. The Balaban J connectivity index is 2.28. The number of aromatic carboxylic acids is 1. The van der Waals surface area contributed by atoms with E-state index in [1.165, 1.54) is 0 Å². The summed E-state index contributed by atoms with van der Waals surface area (Å²) in [4.78, 5) is 11.7. The third-order valence-electron chi connectivity index (χ3n) is 3.55. The van der Waals surface area contributed by atoms with Crippen LogP contribution >= 0.6 is 17.2 Å². The molecule has 0 saturated heterocycles. The summed E-state index contributed by atoms with van der Waals surface area (Å²) in [5, 5.41) is 13.7. The second-order valence-electron chi connectivity index (χ2n) is 5.06. The largest absolute Gasteiger partial charge is 0.478 e. The van der Waals surface area contributed by atoms with Crippen LogP contribution in [0, 0.1) is 0 Å². The van der Waals surface area contributed by atoms with Gasteiger partial charge in [-0.2, -0.15) is 0 Å². The zero-order valence-corrected chi connectivity index (χ0v) is 14.4. The molecule has 23 heavy (non-hydrogen) atoms. The molecule has 4 heteroatoms. The molecule has 114 valence electrons. The van der Waals surface area contributed by atoms with Crippen LogP contribution < -0.4 is 21.2 Å². The number of carbonyl (C=O) groups is 1. The zero-order chi connectivity index (χ0) is 16.2. The van der Waals surface area contributed by atoms with Crippen LogP contribution in [0.1, 0.15) is 10.4 Å². The molecule has 3 aromatic rings. The summed E-state index contributed by atoms with van der Waals surface area (Å²) in [7, 11) is 1.77. The highest BCUT2D eigenvalue weighted by Crippen LogP contribution is 2.33. The molecule has 0 heterocycles. The van der Waals surface area contributed by atoms with Crippen LogP contribution in [0.3, 0.4) is 0 Å². The zero-order valence-electron chi connectivity index (χ0n) is 12.4. The van der Waals surface area contributed by atoms with Crippen LogP contribution in [-0.2, 0) is 0 Å². The van der Waals surface area contributed by atoms with Crippen molar-refractivity contribution in [3.63, 3.8) is 0 Å². The van der Waals surface area contributed by atoms with Gasteiger partial charge in [-0.05, 0) is 29.9 Å². The van der Waals surface area contributed by atoms with Crippen molar-refractivity contribution in [3.05, 3.63) is 84.4 Å². The molecule has 3 rings (SSSR count). The number of carboxylic acid groups (broad SMARTS) is 1. The molecule has 0 saturated carbocycles. The van der Waals surface area contributed by atoms with Crippen molar-refractivity contribution in [1.82, 2.24) is 0 Å². The highest BCUT2D eigenvalue weighted by Gasteiger charge is 2.23. The smallest absolute Gasteiger partial charge is 0.336 e. The topological polar surface area (TPSA) is 37.3 Å². The van der Waals surface area contributed by atoms with Gasteiger partial charge in [0, 0.05) is 5.30 Å². The van der Waals surface area contributed by atoms with Gasteiger partial charge in [-0.25, -0.2) is 4.79 Å². The first kappa shape index (κ1) is 15.9. The lowest BCUT2D eigenvalue weighted by Crippen LogP contribution is -2.32. The van der Waals surface area contributed by atoms with Crippen molar-refractivity contribution in [2.45, 2.75) is 0 Å². The molecule has 1 N–H and O–H groups in total. The van der Waals surface area contributed by atoms with E-state index in [0.29, 0.717) is 5.56 Å². The maximum absolute atomic E-state index is 11.7. The predicted molar refractivity (Wildman–Crippen MR) is 101 cm³/mol. The maximum Gasteiger partial charge on any atom is 0.336 e. The number of rotatable bonds is 4.